The molecule has 146 valence electrons. The summed E-state index contributed by atoms with van der Waals surface area (Å²) >= 11 is 6.23. The van der Waals surface area contributed by atoms with Crippen molar-refractivity contribution in [1.82, 2.24) is 5.32 Å². The minimum Gasteiger partial charge on any atom is -0.478 e. The molecular weight excluding hydrogens is 378 g/mol. The average Bonchev–Trinajstić information content (AvgIpc) is 2.76. The summed E-state index contributed by atoms with van der Waals surface area (Å²) in [5.74, 6) is -1.02. The van der Waals surface area contributed by atoms with E-state index in [0.29, 0.717) is 30.2 Å². The second kappa shape index (κ2) is 8.91. The van der Waals surface area contributed by atoms with Crippen LogP contribution < -0.4 is 15.1 Å². The lowest BCUT2D eigenvalue weighted by atomic mass is 10.1. The van der Waals surface area contributed by atoms with Crippen LogP contribution in [0.5, 0.6) is 0 Å². The Morgan fingerprint density at radius 1 is 1.18 bits per heavy atom. The molecule has 1 heterocycles. The van der Waals surface area contributed by atoms with Gasteiger partial charge in [-0.05, 0) is 43.3 Å². The van der Waals surface area contributed by atoms with Crippen molar-refractivity contribution < 1.29 is 14.7 Å². The Morgan fingerprint density at radius 2 is 1.93 bits per heavy atom. The Labute approximate surface area is 169 Å². The fourth-order valence-corrected chi connectivity index (χ4v) is 3.42. The molecule has 0 aliphatic carbocycles. The summed E-state index contributed by atoms with van der Waals surface area (Å²) in [7, 11) is 1.78. The summed E-state index contributed by atoms with van der Waals surface area (Å²) in [6.07, 6.45) is 3.50. The van der Waals surface area contributed by atoms with E-state index >= 15 is 0 Å². The van der Waals surface area contributed by atoms with Crippen LogP contribution >= 0.6 is 11.6 Å². The smallest absolute Gasteiger partial charge is 0.328 e. The number of nitrogens with zero attached hydrogens (tertiary/aromatic N) is 2. The molecule has 2 aromatic rings. The Bertz CT molecular complexity index is 914. The van der Waals surface area contributed by atoms with Crippen LogP contribution in [0.4, 0.5) is 17.1 Å². The number of amides is 1. The molecule has 0 saturated heterocycles. The van der Waals surface area contributed by atoms with Crippen LogP contribution in [0.15, 0.2) is 54.6 Å². The summed E-state index contributed by atoms with van der Waals surface area (Å²) in [4.78, 5) is 27.2. The maximum absolute atomic E-state index is 12.9. The van der Waals surface area contributed by atoms with E-state index in [2.05, 4.69) is 10.2 Å². The molecular formula is C21H22ClN3O3. The van der Waals surface area contributed by atoms with E-state index in [9.17, 15) is 9.59 Å². The number of nitrogens with one attached hydrogen (secondary N) is 1. The number of carbonyl (C=O) groups is 2. The van der Waals surface area contributed by atoms with Gasteiger partial charge >= 0.3 is 5.97 Å². The minimum absolute atomic E-state index is 0.0708. The van der Waals surface area contributed by atoms with Crippen molar-refractivity contribution in [2.75, 3.05) is 36.5 Å². The topological polar surface area (TPSA) is 72.9 Å². The number of anilines is 3. The number of para-hydroxylation sites is 2. The number of carboxylic acids is 1. The summed E-state index contributed by atoms with van der Waals surface area (Å²) in [6, 6.07) is 13.1. The van der Waals surface area contributed by atoms with Gasteiger partial charge in [-0.1, -0.05) is 29.8 Å². The molecule has 6 nitrogen and oxygen atoms in total. The summed E-state index contributed by atoms with van der Waals surface area (Å²) in [5, 5.41) is 12.4. The zero-order chi connectivity index (χ0) is 20.1. The largest absolute Gasteiger partial charge is 0.478 e. The molecule has 0 fully saturated rings. The van der Waals surface area contributed by atoms with Gasteiger partial charge < -0.3 is 20.2 Å². The van der Waals surface area contributed by atoms with Crippen molar-refractivity contribution in [3.05, 3.63) is 65.2 Å². The van der Waals surface area contributed by atoms with E-state index in [1.54, 1.807) is 30.2 Å². The number of carbonyl (C=O) groups excluding carboxylic acids is 1. The van der Waals surface area contributed by atoms with Gasteiger partial charge in [-0.2, -0.15) is 0 Å². The fraction of sp³-hybridized carbons (Fsp3) is 0.238. The first-order chi connectivity index (χ1) is 13.5. The van der Waals surface area contributed by atoms with Gasteiger partial charge in [0.1, 0.15) is 0 Å². The van der Waals surface area contributed by atoms with Gasteiger partial charge in [0, 0.05) is 31.2 Å². The highest BCUT2D eigenvalue weighted by atomic mass is 35.5. The fourth-order valence-electron chi connectivity index (χ4n) is 3.25. The van der Waals surface area contributed by atoms with Crippen LogP contribution in [0.2, 0.25) is 5.02 Å². The molecule has 7 heteroatoms. The number of rotatable bonds is 7. The Kier molecular flexibility index (Phi) is 6.34. The van der Waals surface area contributed by atoms with Gasteiger partial charge in [0.15, 0.2) is 0 Å². The third-order valence-corrected chi connectivity index (χ3v) is 4.81. The van der Waals surface area contributed by atoms with Crippen LogP contribution in [-0.2, 0) is 4.79 Å². The van der Waals surface area contributed by atoms with Crippen LogP contribution in [-0.4, -0.2) is 43.7 Å². The zero-order valence-electron chi connectivity index (χ0n) is 15.6. The molecule has 2 N–H and O–H groups in total. The lowest BCUT2D eigenvalue weighted by Crippen LogP contribution is -2.25. The number of benzene rings is 2. The maximum atomic E-state index is 12.9. The molecule has 1 aliphatic heterocycles. The molecule has 1 amide bonds. The van der Waals surface area contributed by atoms with Crippen molar-refractivity contribution >= 4 is 40.5 Å². The quantitative estimate of drug-likeness (QED) is 0.548. The van der Waals surface area contributed by atoms with Crippen molar-refractivity contribution in [2.45, 2.75) is 6.42 Å². The SMILES string of the molecule is CN1C(=O)c2ccc(Cl)cc2N(CCCNC/C=C/C(=O)O)c2ccccc21. The predicted molar refractivity (Wildman–Crippen MR) is 112 cm³/mol. The molecule has 0 saturated carbocycles. The Balaban J connectivity index is 1.82. The molecule has 3 rings (SSSR count). The Hall–Kier alpha value is -2.83. The first-order valence-corrected chi connectivity index (χ1v) is 9.41. The van der Waals surface area contributed by atoms with Crippen LogP contribution in [0.25, 0.3) is 0 Å². The monoisotopic (exact) mass is 399 g/mol. The molecule has 0 spiro atoms. The van der Waals surface area contributed by atoms with E-state index in [-0.39, 0.29) is 5.91 Å². The molecule has 0 unspecified atom stereocenters. The lowest BCUT2D eigenvalue weighted by molar-refractivity contribution is -0.131. The average molecular weight is 400 g/mol. The van der Waals surface area contributed by atoms with Crippen molar-refractivity contribution in [2.24, 2.45) is 0 Å². The first-order valence-electron chi connectivity index (χ1n) is 9.03. The number of halogens is 1. The highest BCUT2D eigenvalue weighted by Crippen LogP contribution is 2.40. The van der Waals surface area contributed by atoms with E-state index in [1.807, 2.05) is 30.3 Å². The number of hydrogen-bond donors (Lipinski definition) is 2. The normalized spacial score (nSPS) is 13.4. The molecule has 0 bridgehead atoms. The van der Waals surface area contributed by atoms with E-state index in [1.165, 1.54) is 0 Å². The van der Waals surface area contributed by atoms with Crippen molar-refractivity contribution in [3.63, 3.8) is 0 Å². The zero-order valence-corrected chi connectivity index (χ0v) is 16.3. The lowest BCUT2D eigenvalue weighted by Gasteiger charge is -2.26. The predicted octanol–water partition coefficient (Wildman–Crippen LogP) is 3.69. The number of hydrogen-bond acceptors (Lipinski definition) is 4. The van der Waals surface area contributed by atoms with E-state index in [0.717, 1.165) is 29.6 Å². The Morgan fingerprint density at radius 3 is 2.68 bits per heavy atom. The minimum atomic E-state index is -0.953. The van der Waals surface area contributed by atoms with E-state index < -0.39 is 5.97 Å². The van der Waals surface area contributed by atoms with Gasteiger partial charge in [0.25, 0.3) is 5.91 Å². The van der Waals surface area contributed by atoms with Crippen molar-refractivity contribution in [3.8, 4) is 0 Å². The third-order valence-electron chi connectivity index (χ3n) is 4.58. The van der Waals surface area contributed by atoms with Crippen molar-refractivity contribution in [1.29, 1.82) is 0 Å². The molecule has 1 aliphatic rings. The number of aliphatic carboxylic acids is 1. The highest BCUT2D eigenvalue weighted by Gasteiger charge is 2.28. The van der Waals surface area contributed by atoms with Gasteiger partial charge in [0.2, 0.25) is 0 Å². The maximum Gasteiger partial charge on any atom is 0.328 e. The second-order valence-corrected chi connectivity index (χ2v) is 6.90. The van der Waals surface area contributed by atoms with Gasteiger partial charge in [-0.25, -0.2) is 4.79 Å². The molecule has 0 aromatic heterocycles. The summed E-state index contributed by atoms with van der Waals surface area (Å²) < 4.78 is 0. The standard InChI is InChI=1S/C21H22ClN3O3/c1-24-17-6-2-3-7-18(17)25(13-5-12-23-11-4-8-20(26)27)19-14-15(22)9-10-16(19)21(24)28/h2-4,6-10,14,23H,5,11-13H2,1H3,(H,26,27)/b8-4+. The first kappa shape index (κ1) is 19.9. The van der Waals surface area contributed by atoms with Gasteiger partial charge in [-0.15, -0.1) is 0 Å². The van der Waals surface area contributed by atoms with Crippen LogP contribution in [0.3, 0.4) is 0 Å². The van der Waals surface area contributed by atoms with Gasteiger partial charge in [0.05, 0.1) is 22.6 Å². The number of carboxylic acid groups (broad SMARTS) is 1. The second-order valence-electron chi connectivity index (χ2n) is 6.46. The van der Waals surface area contributed by atoms with Crippen LogP contribution in [0, 0.1) is 0 Å². The van der Waals surface area contributed by atoms with E-state index in [4.69, 9.17) is 16.7 Å². The third kappa shape index (κ3) is 4.35. The summed E-state index contributed by atoms with van der Waals surface area (Å²) in [5.41, 5.74) is 3.20. The van der Waals surface area contributed by atoms with Gasteiger partial charge in [-0.3, -0.25) is 4.79 Å². The molecule has 28 heavy (non-hydrogen) atoms. The van der Waals surface area contributed by atoms with Crippen LogP contribution in [0.1, 0.15) is 16.8 Å². The molecule has 0 atom stereocenters. The molecule has 0 radical (unpaired) electrons. The molecule has 2 aromatic carbocycles. The highest BCUT2D eigenvalue weighted by molar-refractivity contribution is 6.31. The summed E-state index contributed by atoms with van der Waals surface area (Å²) in [6.45, 7) is 1.88. The number of fused-ring (bicyclic) bond motifs is 2.